The number of nitrogens with one attached hydrogen (secondary N) is 2. The molecule has 8 heteroatoms. The first-order valence-corrected chi connectivity index (χ1v) is 8.97. The van der Waals surface area contributed by atoms with Crippen LogP contribution in [0.2, 0.25) is 0 Å². The molecule has 0 bridgehead atoms. The molecule has 2 amide bonds. The number of aromatic nitrogens is 1. The van der Waals surface area contributed by atoms with Crippen LogP contribution in [0.25, 0.3) is 0 Å². The number of aromatic amines is 1. The van der Waals surface area contributed by atoms with E-state index in [0.717, 1.165) is 12.8 Å². The molecule has 0 unspecified atom stereocenters. The lowest BCUT2D eigenvalue weighted by Crippen LogP contribution is -2.43. The van der Waals surface area contributed by atoms with E-state index in [9.17, 15) is 19.5 Å². The number of aliphatic hydroxyl groups excluding tert-OH is 1. The third kappa shape index (κ3) is 4.13. The van der Waals surface area contributed by atoms with Crippen molar-refractivity contribution < 1.29 is 19.4 Å². The fraction of sp³-hybridized carbons (Fsp3) is 0.611. The number of rotatable bonds is 4. The predicted molar refractivity (Wildman–Crippen MR) is 93.7 cm³/mol. The highest BCUT2D eigenvalue weighted by molar-refractivity contribution is 5.92. The van der Waals surface area contributed by atoms with Crippen LogP contribution in [0.1, 0.15) is 36.2 Å². The van der Waals surface area contributed by atoms with Gasteiger partial charge in [-0.05, 0) is 31.7 Å². The number of nitrogens with zero attached hydrogens (tertiary/aromatic N) is 1. The highest BCUT2D eigenvalue weighted by Gasteiger charge is 2.40. The van der Waals surface area contributed by atoms with Crippen LogP contribution in [-0.2, 0) is 9.53 Å². The zero-order valence-corrected chi connectivity index (χ0v) is 14.8. The first-order valence-electron chi connectivity index (χ1n) is 8.97. The smallest absolute Gasteiger partial charge is 0.268 e. The van der Waals surface area contributed by atoms with E-state index >= 15 is 0 Å². The second-order valence-electron chi connectivity index (χ2n) is 7.00. The molecule has 1 aliphatic heterocycles. The van der Waals surface area contributed by atoms with Gasteiger partial charge >= 0.3 is 0 Å². The SMILES string of the molecule is COC1CCN(C(=O)[C@H]2C[C@H](NC(=O)c3cccc(=O)[nH]3)[C@@H](O)C2)CC1. The number of pyridine rings is 1. The minimum atomic E-state index is -0.778. The van der Waals surface area contributed by atoms with Gasteiger partial charge in [0.2, 0.25) is 11.5 Å². The van der Waals surface area contributed by atoms with Crippen molar-refractivity contribution >= 4 is 11.8 Å². The fourth-order valence-corrected chi connectivity index (χ4v) is 3.77. The maximum Gasteiger partial charge on any atom is 0.268 e. The third-order valence-corrected chi connectivity index (χ3v) is 5.29. The Bertz CT molecular complexity index is 711. The van der Waals surface area contributed by atoms with Gasteiger partial charge in [0.05, 0.1) is 18.2 Å². The minimum absolute atomic E-state index is 0.0310. The summed E-state index contributed by atoms with van der Waals surface area (Å²) >= 11 is 0. The Morgan fingerprint density at radius 3 is 2.65 bits per heavy atom. The molecule has 1 aromatic heterocycles. The molecule has 26 heavy (non-hydrogen) atoms. The van der Waals surface area contributed by atoms with Crippen LogP contribution in [-0.4, -0.2) is 65.3 Å². The number of hydrogen-bond acceptors (Lipinski definition) is 5. The highest BCUT2D eigenvalue weighted by Crippen LogP contribution is 2.29. The summed E-state index contributed by atoms with van der Waals surface area (Å²) in [4.78, 5) is 40.5. The Labute approximate surface area is 151 Å². The van der Waals surface area contributed by atoms with Gasteiger partial charge in [0, 0.05) is 32.2 Å². The molecule has 1 aliphatic carbocycles. The predicted octanol–water partition coefficient (Wildman–Crippen LogP) is -0.118. The van der Waals surface area contributed by atoms with Gasteiger partial charge in [-0.25, -0.2) is 0 Å². The Kier molecular flexibility index (Phi) is 5.73. The van der Waals surface area contributed by atoms with Crippen molar-refractivity contribution in [1.82, 2.24) is 15.2 Å². The van der Waals surface area contributed by atoms with Crippen molar-refractivity contribution in [3.63, 3.8) is 0 Å². The van der Waals surface area contributed by atoms with Gasteiger partial charge in [-0.3, -0.25) is 14.4 Å². The van der Waals surface area contributed by atoms with Crippen molar-refractivity contribution in [3.05, 3.63) is 34.2 Å². The van der Waals surface area contributed by atoms with Crippen molar-refractivity contribution in [2.24, 2.45) is 5.92 Å². The van der Waals surface area contributed by atoms with E-state index in [1.807, 2.05) is 4.90 Å². The van der Waals surface area contributed by atoms with E-state index in [-0.39, 0.29) is 29.2 Å². The zero-order chi connectivity index (χ0) is 18.7. The van der Waals surface area contributed by atoms with E-state index < -0.39 is 18.1 Å². The minimum Gasteiger partial charge on any atom is -0.391 e. The Morgan fingerprint density at radius 2 is 2.00 bits per heavy atom. The van der Waals surface area contributed by atoms with Crippen LogP contribution >= 0.6 is 0 Å². The number of amides is 2. The molecule has 2 heterocycles. The molecule has 3 rings (SSSR count). The standard InChI is InChI=1S/C18H25N3O5/c1-26-12-5-7-21(8-6-12)18(25)11-9-14(15(22)10-11)20-17(24)13-3-2-4-16(23)19-13/h2-4,11-12,14-15,22H,5-10H2,1H3,(H,19,23)(H,20,24)/t11-,14-,15-/m0/s1. The molecule has 2 fully saturated rings. The number of hydrogen-bond donors (Lipinski definition) is 3. The maximum atomic E-state index is 12.7. The molecule has 8 nitrogen and oxygen atoms in total. The Balaban J connectivity index is 1.56. The van der Waals surface area contributed by atoms with Crippen molar-refractivity contribution in [2.75, 3.05) is 20.2 Å². The molecule has 2 aliphatic rings. The highest BCUT2D eigenvalue weighted by atomic mass is 16.5. The zero-order valence-electron chi connectivity index (χ0n) is 14.8. The van der Waals surface area contributed by atoms with E-state index in [1.54, 1.807) is 7.11 Å². The molecule has 1 saturated heterocycles. The van der Waals surface area contributed by atoms with Gasteiger partial charge in [-0.1, -0.05) is 6.07 Å². The van der Waals surface area contributed by atoms with Crippen LogP contribution < -0.4 is 10.9 Å². The molecular weight excluding hydrogens is 338 g/mol. The van der Waals surface area contributed by atoms with E-state index in [4.69, 9.17) is 4.74 Å². The molecule has 1 aromatic rings. The molecule has 0 spiro atoms. The van der Waals surface area contributed by atoms with Crippen LogP contribution in [0.3, 0.4) is 0 Å². The largest absolute Gasteiger partial charge is 0.391 e. The summed E-state index contributed by atoms with van der Waals surface area (Å²) < 4.78 is 5.32. The molecule has 0 aromatic carbocycles. The van der Waals surface area contributed by atoms with E-state index in [0.29, 0.717) is 25.9 Å². The Hall–Kier alpha value is -2.19. The number of H-pyrrole nitrogens is 1. The summed E-state index contributed by atoms with van der Waals surface area (Å²) in [7, 11) is 1.68. The first kappa shape index (κ1) is 18.6. The molecule has 3 atom stereocenters. The summed E-state index contributed by atoms with van der Waals surface area (Å²) in [5.74, 6) is -0.728. The third-order valence-electron chi connectivity index (χ3n) is 5.29. The lowest BCUT2D eigenvalue weighted by molar-refractivity contribution is -0.137. The number of carbonyl (C=O) groups excluding carboxylic acids is 2. The first-order chi connectivity index (χ1) is 12.5. The Morgan fingerprint density at radius 1 is 1.27 bits per heavy atom. The molecule has 3 N–H and O–H groups in total. The van der Waals surface area contributed by atoms with Crippen molar-refractivity contribution in [1.29, 1.82) is 0 Å². The van der Waals surface area contributed by atoms with Crippen LogP contribution in [0, 0.1) is 5.92 Å². The van der Waals surface area contributed by atoms with Crippen LogP contribution in [0.15, 0.2) is 23.0 Å². The number of ether oxygens (including phenoxy) is 1. The summed E-state index contributed by atoms with van der Waals surface area (Å²) in [6.07, 6.45) is 1.79. The average molecular weight is 363 g/mol. The van der Waals surface area contributed by atoms with Gasteiger partial charge in [0.15, 0.2) is 0 Å². The molecular formula is C18H25N3O5. The summed E-state index contributed by atoms with van der Waals surface area (Å²) in [5, 5.41) is 13.0. The van der Waals surface area contributed by atoms with E-state index in [1.165, 1.54) is 18.2 Å². The molecule has 142 valence electrons. The summed E-state index contributed by atoms with van der Waals surface area (Å²) in [6, 6.07) is 3.81. The molecule has 1 saturated carbocycles. The number of likely N-dealkylation sites (tertiary alicyclic amines) is 1. The number of piperidine rings is 1. The number of methoxy groups -OCH3 is 1. The fourth-order valence-electron chi connectivity index (χ4n) is 3.77. The summed E-state index contributed by atoms with van der Waals surface area (Å²) in [6.45, 7) is 1.32. The normalized spacial score (nSPS) is 26.7. The van der Waals surface area contributed by atoms with Crippen molar-refractivity contribution in [2.45, 2.75) is 43.9 Å². The monoisotopic (exact) mass is 363 g/mol. The number of aliphatic hydroxyl groups is 1. The lowest BCUT2D eigenvalue weighted by atomic mass is 10.0. The van der Waals surface area contributed by atoms with Crippen LogP contribution in [0.5, 0.6) is 0 Å². The number of carbonyl (C=O) groups is 2. The quantitative estimate of drug-likeness (QED) is 0.691. The van der Waals surface area contributed by atoms with Gasteiger partial charge in [-0.2, -0.15) is 0 Å². The second kappa shape index (κ2) is 8.01. The molecule has 0 radical (unpaired) electrons. The summed E-state index contributed by atoms with van der Waals surface area (Å²) in [5.41, 5.74) is -0.224. The van der Waals surface area contributed by atoms with Crippen LogP contribution in [0.4, 0.5) is 0 Å². The van der Waals surface area contributed by atoms with Gasteiger partial charge < -0.3 is 25.0 Å². The average Bonchev–Trinajstić information content (AvgIpc) is 3.01. The second-order valence-corrected chi connectivity index (χ2v) is 7.00. The van der Waals surface area contributed by atoms with E-state index in [2.05, 4.69) is 10.3 Å². The van der Waals surface area contributed by atoms with Crippen molar-refractivity contribution in [3.8, 4) is 0 Å². The van der Waals surface area contributed by atoms with Gasteiger partial charge in [0.1, 0.15) is 5.69 Å². The maximum absolute atomic E-state index is 12.7. The topological polar surface area (TPSA) is 112 Å². The van der Waals surface area contributed by atoms with Gasteiger partial charge in [-0.15, -0.1) is 0 Å². The lowest BCUT2D eigenvalue weighted by Gasteiger charge is -2.33. The van der Waals surface area contributed by atoms with Gasteiger partial charge in [0.25, 0.3) is 5.91 Å².